The molecule has 7 heteroatoms. The van der Waals surface area contributed by atoms with Crippen LogP contribution in [-0.2, 0) is 21.1 Å². The fourth-order valence-corrected chi connectivity index (χ4v) is 3.23. The molecule has 0 saturated carbocycles. The van der Waals surface area contributed by atoms with Gasteiger partial charge in [0.1, 0.15) is 6.10 Å². The van der Waals surface area contributed by atoms with Crippen molar-refractivity contribution >= 4 is 9.84 Å². The average Bonchev–Trinajstić information content (AvgIpc) is 2.56. The highest BCUT2D eigenvalue weighted by Gasteiger charge is 2.23. The van der Waals surface area contributed by atoms with Crippen LogP contribution in [0.25, 0.3) is 0 Å². The molecule has 0 radical (unpaired) electrons. The topological polar surface area (TPSA) is 72.4 Å². The minimum atomic E-state index is -3.15. The minimum absolute atomic E-state index is 0.0762. The van der Waals surface area contributed by atoms with Gasteiger partial charge >= 0.3 is 0 Å². The molecule has 1 aliphatic heterocycles. The van der Waals surface area contributed by atoms with Crippen molar-refractivity contribution in [3.05, 3.63) is 54.1 Å². The third-order valence-electron chi connectivity index (χ3n) is 3.82. The van der Waals surface area contributed by atoms with E-state index in [1.54, 1.807) is 30.7 Å². The largest absolute Gasteiger partial charge is 0.369 e. The summed E-state index contributed by atoms with van der Waals surface area (Å²) in [5, 5.41) is 0. The second-order valence-corrected chi connectivity index (χ2v) is 7.66. The molecule has 1 aromatic heterocycles. The lowest BCUT2D eigenvalue weighted by Crippen LogP contribution is -2.38. The molecule has 1 aromatic carbocycles. The van der Waals surface area contributed by atoms with Crippen molar-refractivity contribution in [3.63, 3.8) is 0 Å². The van der Waals surface area contributed by atoms with E-state index < -0.39 is 9.84 Å². The SMILES string of the molecule is CS(=O)(=O)c1ccc(CN2CCO[C@@H](c3cnccn3)C2)cc1. The molecule has 23 heavy (non-hydrogen) atoms. The van der Waals surface area contributed by atoms with Gasteiger partial charge in [-0.15, -0.1) is 0 Å². The van der Waals surface area contributed by atoms with Gasteiger partial charge < -0.3 is 4.74 Å². The Morgan fingerprint density at radius 1 is 1.26 bits per heavy atom. The van der Waals surface area contributed by atoms with Crippen LogP contribution in [0.4, 0.5) is 0 Å². The maximum Gasteiger partial charge on any atom is 0.175 e. The predicted octanol–water partition coefficient (Wildman–Crippen LogP) is 1.45. The second kappa shape index (κ2) is 6.74. The molecule has 1 aliphatic rings. The second-order valence-electron chi connectivity index (χ2n) is 5.64. The Kier molecular flexibility index (Phi) is 4.70. The maximum atomic E-state index is 11.5. The van der Waals surface area contributed by atoms with Gasteiger partial charge in [0.15, 0.2) is 9.84 Å². The zero-order valence-corrected chi connectivity index (χ0v) is 13.7. The molecule has 0 amide bonds. The van der Waals surface area contributed by atoms with Crippen molar-refractivity contribution in [2.75, 3.05) is 26.0 Å². The lowest BCUT2D eigenvalue weighted by molar-refractivity contribution is -0.0351. The summed E-state index contributed by atoms with van der Waals surface area (Å²) in [6, 6.07) is 7.04. The summed E-state index contributed by atoms with van der Waals surface area (Å²) in [6.45, 7) is 2.98. The highest BCUT2D eigenvalue weighted by Crippen LogP contribution is 2.21. The van der Waals surface area contributed by atoms with Gasteiger partial charge in [-0.2, -0.15) is 0 Å². The molecule has 0 bridgehead atoms. The molecular weight excluding hydrogens is 314 g/mol. The van der Waals surface area contributed by atoms with E-state index in [9.17, 15) is 8.42 Å². The highest BCUT2D eigenvalue weighted by molar-refractivity contribution is 7.90. The molecule has 122 valence electrons. The van der Waals surface area contributed by atoms with Crippen molar-refractivity contribution in [2.45, 2.75) is 17.5 Å². The van der Waals surface area contributed by atoms with Crippen LogP contribution in [0, 0.1) is 0 Å². The van der Waals surface area contributed by atoms with E-state index >= 15 is 0 Å². The number of morpholine rings is 1. The number of benzene rings is 1. The Hall–Kier alpha value is -1.83. The minimum Gasteiger partial charge on any atom is -0.369 e. The third-order valence-corrected chi connectivity index (χ3v) is 4.95. The fourth-order valence-electron chi connectivity index (χ4n) is 2.60. The zero-order valence-electron chi connectivity index (χ0n) is 12.9. The van der Waals surface area contributed by atoms with Crippen LogP contribution in [0.15, 0.2) is 47.8 Å². The van der Waals surface area contributed by atoms with Crippen molar-refractivity contribution in [2.24, 2.45) is 0 Å². The summed E-state index contributed by atoms with van der Waals surface area (Å²) in [4.78, 5) is 11.0. The summed E-state index contributed by atoms with van der Waals surface area (Å²) in [5.74, 6) is 0. The Balaban J connectivity index is 1.66. The van der Waals surface area contributed by atoms with E-state index in [-0.39, 0.29) is 6.10 Å². The number of hydrogen-bond donors (Lipinski definition) is 0. The lowest BCUT2D eigenvalue weighted by atomic mass is 10.1. The molecule has 1 saturated heterocycles. The van der Waals surface area contributed by atoms with Crippen LogP contribution in [0.1, 0.15) is 17.4 Å². The van der Waals surface area contributed by atoms with E-state index in [0.717, 1.165) is 30.9 Å². The van der Waals surface area contributed by atoms with Gasteiger partial charge in [-0.1, -0.05) is 12.1 Å². The molecule has 0 N–H and O–H groups in total. The first-order valence-corrected chi connectivity index (χ1v) is 9.30. The fraction of sp³-hybridized carbons (Fsp3) is 0.375. The monoisotopic (exact) mass is 333 g/mol. The molecule has 1 atom stereocenters. The van der Waals surface area contributed by atoms with Gasteiger partial charge in [0.2, 0.25) is 0 Å². The van der Waals surface area contributed by atoms with Crippen molar-refractivity contribution < 1.29 is 13.2 Å². The summed E-state index contributed by atoms with van der Waals surface area (Å²) in [5.41, 5.74) is 1.92. The van der Waals surface area contributed by atoms with Crippen LogP contribution in [-0.4, -0.2) is 49.2 Å². The first-order valence-electron chi connectivity index (χ1n) is 7.41. The molecule has 6 nitrogen and oxygen atoms in total. The molecule has 2 aromatic rings. The number of rotatable bonds is 4. The number of ether oxygens (including phenoxy) is 1. The third kappa shape index (κ3) is 4.13. The van der Waals surface area contributed by atoms with Gasteiger partial charge in [0.05, 0.1) is 23.4 Å². The molecule has 3 rings (SSSR count). The van der Waals surface area contributed by atoms with Gasteiger partial charge in [0, 0.05) is 38.3 Å². The van der Waals surface area contributed by atoms with Crippen molar-refractivity contribution in [1.82, 2.24) is 14.9 Å². The first kappa shape index (κ1) is 16.0. The van der Waals surface area contributed by atoms with Crippen LogP contribution < -0.4 is 0 Å². The van der Waals surface area contributed by atoms with Gasteiger partial charge in [-0.25, -0.2) is 8.42 Å². The van der Waals surface area contributed by atoms with E-state index in [0.29, 0.717) is 11.5 Å². The van der Waals surface area contributed by atoms with Crippen LogP contribution in [0.3, 0.4) is 0 Å². The maximum absolute atomic E-state index is 11.5. The standard InChI is InChI=1S/C16H19N3O3S/c1-23(20,21)14-4-2-13(3-5-14)11-19-8-9-22-16(12-19)15-10-17-6-7-18-15/h2-7,10,16H,8-9,11-12H2,1H3/t16-/m1/s1. The van der Waals surface area contributed by atoms with Gasteiger partial charge in [0.25, 0.3) is 0 Å². The van der Waals surface area contributed by atoms with E-state index in [2.05, 4.69) is 14.9 Å². The molecule has 0 aliphatic carbocycles. The zero-order chi connectivity index (χ0) is 16.3. The Bertz CT molecular complexity index is 748. The quantitative estimate of drug-likeness (QED) is 0.843. The number of sulfone groups is 1. The number of aromatic nitrogens is 2. The summed E-state index contributed by atoms with van der Waals surface area (Å²) in [6.07, 6.45) is 6.19. The predicted molar refractivity (Wildman–Crippen MR) is 85.6 cm³/mol. The van der Waals surface area contributed by atoms with Crippen LogP contribution in [0.5, 0.6) is 0 Å². The summed E-state index contributed by atoms with van der Waals surface area (Å²) >= 11 is 0. The normalized spacial score (nSPS) is 19.6. The summed E-state index contributed by atoms with van der Waals surface area (Å²) < 4.78 is 28.8. The van der Waals surface area contributed by atoms with E-state index in [1.165, 1.54) is 6.26 Å². The molecule has 0 unspecified atom stereocenters. The Morgan fingerprint density at radius 2 is 2.04 bits per heavy atom. The molecule has 0 spiro atoms. The molecular formula is C16H19N3O3S. The van der Waals surface area contributed by atoms with Crippen molar-refractivity contribution in [1.29, 1.82) is 0 Å². The first-order chi connectivity index (χ1) is 11.0. The smallest absolute Gasteiger partial charge is 0.175 e. The molecule has 1 fully saturated rings. The Morgan fingerprint density at radius 3 is 2.70 bits per heavy atom. The van der Waals surface area contributed by atoms with Gasteiger partial charge in [-0.05, 0) is 17.7 Å². The molecule has 2 heterocycles. The lowest BCUT2D eigenvalue weighted by Gasteiger charge is -2.32. The Labute approximate surface area is 136 Å². The summed E-state index contributed by atoms with van der Waals surface area (Å²) in [7, 11) is -3.15. The van der Waals surface area contributed by atoms with Crippen molar-refractivity contribution in [3.8, 4) is 0 Å². The van der Waals surface area contributed by atoms with Crippen LogP contribution >= 0.6 is 0 Å². The number of hydrogen-bond acceptors (Lipinski definition) is 6. The number of nitrogens with zero attached hydrogens (tertiary/aromatic N) is 3. The van der Waals surface area contributed by atoms with E-state index in [4.69, 9.17) is 4.74 Å². The van der Waals surface area contributed by atoms with Crippen LogP contribution in [0.2, 0.25) is 0 Å². The average molecular weight is 333 g/mol. The van der Waals surface area contributed by atoms with Gasteiger partial charge in [-0.3, -0.25) is 14.9 Å². The van der Waals surface area contributed by atoms with E-state index in [1.807, 2.05) is 12.1 Å². The highest BCUT2D eigenvalue weighted by atomic mass is 32.2.